The molecule has 2 saturated heterocycles. The van der Waals surface area contributed by atoms with Gasteiger partial charge >= 0.3 is 0 Å². The number of nitrogens with zero attached hydrogens (tertiary/aromatic N) is 1. The van der Waals surface area contributed by atoms with Crippen LogP contribution in [0.5, 0.6) is 0 Å². The molecule has 1 aromatic carbocycles. The molecule has 3 N–H and O–H groups in total. The van der Waals surface area contributed by atoms with Crippen molar-refractivity contribution in [1.82, 2.24) is 10.2 Å². The van der Waals surface area contributed by atoms with Gasteiger partial charge in [-0.25, -0.2) is 0 Å². The highest BCUT2D eigenvalue weighted by atomic mass is 16.5. The molecule has 3 rings (SSSR count). The average molecular weight is 317 g/mol. The van der Waals surface area contributed by atoms with E-state index in [0.29, 0.717) is 6.54 Å². The zero-order valence-electron chi connectivity index (χ0n) is 13.6. The quantitative estimate of drug-likeness (QED) is 0.833. The van der Waals surface area contributed by atoms with Gasteiger partial charge in [-0.05, 0) is 44.3 Å². The Balaban J connectivity index is 1.64. The number of ether oxygens (including phenoxy) is 1. The van der Waals surface area contributed by atoms with Crippen LogP contribution < -0.4 is 11.1 Å². The lowest BCUT2D eigenvalue weighted by atomic mass is 10.1. The van der Waals surface area contributed by atoms with Crippen molar-refractivity contribution < 1.29 is 9.53 Å². The van der Waals surface area contributed by atoms with E-state index >= 15 is 0 Å². The Morgan fingerprint density at radius 2 is 2.00 bits per heavy atom. The third-order valence-electron chi connectivity index (χ3n) is 4.82. The smallest absolute Gasteiger partial charge is 0.249 e. The fraction of sp³-hybridized carbons (Fsp3) is 0.611. The summed E-state index contributed by atoms with van der Waals surface area (Å²) >= 11 is 0. The second-order valence-electron chi connectivity index (χ2n) is 6.54. The number of likely N-dealkylation sites (tertiary alicyclic amines) is 1. The summed E-state index contributed by atoms with van der Waals surface area (Å²) in [6.07, 6.45) is 3.81. The Labute approximate surface area is 138 Å². The Hall–Kier alpha value is -1.43. The van der Waals surface area contributed by atoms with Crippen molar-refractivity contribution in [3.8, 4) is 0 Å². The van der Waals surface area contributed by atoms with Crippen LogP contribution in [0.1, 0.15) is 37.3 Å². The van der Waals surface area contributed by atoms with Crippen LogP contribution in [-0.4, -0.2) is 49.2 Å². The van der Waals surface area contributed by atoms with Crippen molar-refractivity contribution >= 4 is 5.91 Å². The minimum absolute atomic E-state index is 0.00556. The van der Waals surface area contributed by atoms with Crippen LogP contribution in [0.25, 0.3) is 0 Å². The number of carbonyl (C=O) groups is 1. The van der Waals surface area contributed by atoms with E-state index in [2.05, 4.69) is 22.3 Å². The van der Waals surface area contributed by atoms with Crippen LogP contribution in [-0.2, 0) is 9.53 Å². The topological polar surface area (TPSA) is 67.6 Å². The third kappa shape index (κ3) is 4.31. The molecule has 2 fully saturated rings. The van der Waals surface area contributed by atoms with Gasteiger partial charge in [0.2, 0.25) is 5.91 Å². The Morgan fingerprint density at radius 1 is 1.26 bits per heavy atom. The first-order valence-electron chi connectivity index (χ1n) is 8.69. The molecule has 2 heterocycles. The molecule has 5 nitrogen and oxygen atoms in total. The number of nitrogens with one attached hydrogen (secondary N) is 1. The molecule has 0 saturated carbocycles. The maximum atomic E-state index is 12.6. The van der Waals surface area contributed by atoms with E-state index in [1.54, 1.807) is 0 Å². The number of hydrogen-bond donors (Lipinski definition) is 2. The second kappa shape index (κ2) is 7.90. The van der Waals surface area contributed by atoms with Gasteiger partial charge in [-0.3, -0.25) is 4.79 Å². The number of amides is 1. The molecule has 1 unspecified atom stereocenters. The standard InChI is InChI=1S/C18H27N3O2/c19-12-15-8-9-17(23-15)18(22)20-16(13-21-10-4-5-11-21)14-6-2-1-3-7-14/h1-3,6-7,15-17H,4-5,8-13,19H2,(H,20,22)/t15-,16?,17+/m1/s1. The maximum Gasteiger partial charge on any atom is 0.249 e. The van der Waals surface area contributed by atoms with Gasteiger partial charge in [0.15, 0.2) is 0 Å². The molecule has 0 spiro atoms. The molecule has 23 heavy (non-hydrogen) atoms. The molecular formula is C18H27N3O2. The van der Waals surface area contributed by atoms with E-state index in [0.717, 1.165) is 38.0 Å². The fourth-order valence-corrected chi connectivity index (χ4v) is 3.48. The van der Waals surface area contributed by atoms with Crippen LogP contribution in [0, 0.1) is 0 Å². The van der Waals surface area contributed by atoms with Crippen molar-refractivity contribution in [3.63, 3.8) is 0 Å². The lowest BCUT2D eigenvalue weighted by molar-refractivity contribution is -0.132. The number of nitrogens with two attached hydrogens (primary N) is 1. The van der Waals surface area contributed by atoms with Gasteiger partial charge in [0, 0.05) is 13.1 Å². The van der Waals surface area contributed by atoms with E-state index in [-0.39, 0.29) is 24.2 Å². The summed E-state index contributed by atoms with van der Waals surface area (Å²) in [6, 6.07) is 10.2. The molecule has 0 bridgehead atoms. The lowest BCUT2D eigenvalue weighted by Gasteiger charge is -2.26. The van der Waals surface area contributed by atoms with Crippen molar-refractivity contribution in [2.45, 2.75) is 43.9 Å². The van der Waals surface area contributed by atoms with Gasteiger partial charge in [-0.1, -0.05) is 30.3 Å². The molecule has 126 valence electrons. The van der Waals surface area contributed by atoms with Crippen LogP contribution in [0.3, 0.4) is 0 Å². The van der Waals surface area contributed by atoms with Crippen LogP contribution >= 0.6 is 0 Å². The summed E-state index contributed by atoms with van der Waals surface area (Å²) < 4.78 is 5.73. The summed E-state index contributed by atoms with van der Waals surface area (Å²) in [5, 5.41) is 3.20. The Kier molecular flexibility index (Phi) is 5.65. The predicted octanol–water partition coefficient (Wildman–Crippen LogP) is 1.45. The Morgan fingerprint density at radius 3 is 2.65 bits per heavy atom. The highest BCUT2D eigenvalue weighted by molar-refractivity contribution is 5.81. The monoisotopic (exact) mass is 317 g/mol. The summed E-state index contributed by atoms with van der Waals surface area (Å²) in [5.41, 5.74) is 6.79. The fourth-order valence-electron chi connectivity index (χ4n) is 3.48. The SMILES string of the molecule is NC[C@H]1CC[C@@H](C(=O)NC(CN2CCCC2)c2ccccc2)O1. The molecule has 3 atom stereocenters. The average Bonchev–Trinajstić information content (AvgIpc) is 3.26. The maximum absolute atomic E-state index is 12.6. The van der Waals surface area contributed by atoms with Crippen molar-refractivity contribution in [3.05, 3.63) is 35.9 Å². The molecule has 0 radical (unpaired) electrons. The summed E-state index contributed by atoms with van der Waals surface area (Å²) in [5.74, 6) is -0.00556. The molecule has 2 aliphatic heterocycles. The summed E-state index contributed by atoms with van der Waals surface area (Å²) in [7, 11) is 0. The zero-order valence-corrected chi connectivity index (χ0v) is 13.6. The number of hydrogen-bond acceptors (Lipinski definition) is 4. The van der Waals surface area contributed by atoms with Gasteiger partial charge in [0.1, 0.15) is 6.10 Å². The van der Waals surface area contributed by atoms with Crippen LogP contribution in [0.15, 0.2) is 30.3 Å². The van der Waals surface area contributed by atoms with E-state index < -0.39 is 0 Å². The van der Waals surface area contributed by atoms with Gasteiger partial charge < -0.3 is 20.7 Å². The van der Waals surface area contributed by atoms with E-state index in [9.17, 15) is 4.79 Å². The molecule has 1 amide bonds. The lowest BCUT2D eigenvalue weighted by Crippen LogP contribution is -2.42. The number of benzene rings is 1. The van der Waals surface area contributed by atoms with Gasteiger partial charge in [-0.15, -0.1) is 0 Å². The first kappa shape index (κ1) is 16.4. The Bertz CT molecular complexity index is 502. The minimum atomic E-state index is -0.353. The van der Waals surface area contributed by atoms with E-state index in [4.69, 9.17) is 10.5 Å². The van der Waals surface area contributed by atoms with Gasteiger partial charge in [0.05, 0.1) is 12.1 Å². The second-order valence-corrected chi connectivity index (χ2v) is 6.54. The molecule has 2 aliphatic rings. The minimum Gasteiger partial charge on any atom is -0.364 e. The first-order valence-corrected chi connectivity index (χ1v) is 8.69. The van der Waals surface area contributed by atoms with Crippen LogP contribution in [0.4, 0.5) is 0 Å². The molecular weight excluding hydrogens is 290 g/mol. The predicted molar refractivity (Wildman–Crippen MR) is 89.9 cm³/mol. The molecule has 1 aromatic rings. The number of carbonyl (C=O) groups excluding carboxylic acids is 1. The summed E-state index contributed by atoms with van der Waals surface area (Å²) in [6.45, 7) is 3.59. The summed E-state index contributed by atoms with van der Waals surface area (Å²) in [4.78, 5) is 15.0. The van der Waals surface area contributed by atoms with Crippen molar-refractivity contribution in [1.29, 1.82) is 0 Å². The van der Waals surface area contributed by atoms with E-state index in [1.165, 1.54) is 12.8 Å². The molecule has 5 heteroatoms. The van der Waals surface area contributed by atoms with Crippen molar-refractivity contribution in [2.24, 2.45) is 5.73 Å². The van der Waals surface area contributed by atoms with Gasteiger partial charge in [-0.2, -0.15) is 0 Å². The normalized spacial score (nSPS) is 26.3. The largest absolute Gasteiger partial charge is 0.364 e. The van der Waals surface area contributed by atoms with Crippen LogP contribution in [0.2, 0.25) is 0 Å². The van der Waals surface area contributed by atoms with E-state index in [1.807, 2.05) is 18.2 Å². The highest BCUT2D eigenvalue weighted by Gasteiger charge is 2.31. The number of rotatable bonds is 6. The first-order chi connectivity index (χ1) is 11.3. The molecule has 0 aromatic heterocycles. The highest BCUT2D eigenvalue weighted by Crippen LogP contribution is 2.22. The zero-order chi connectivity index (χ0) is 16.1. The third-order valence-corrected chi connectivity index (χ3v) is 4.82. The van der Waals surface area contributed by atoms with Gasteiger partial charge in [0.25, 0.3) is 0 Å². The van der Waals surface area contributed by atoms with Crippen molar-refractivity contribution in [2.75, 3.05) is 26.2 Å². The molecule has 0 aliphatic carbocycles.